The third kappa shape index (κ3) is 5.93. The molecular formula is C26H24N2O6S. The summed E-state index contributed by atoms with van der Waals surface area (Å²) in [7, 11) is 0. The summed E-state index contributed by atoms with van der Waals surface area (Å²) in [5.74, 6) is -0.153. The van der Waals surface area contributed by atoms with E-state index in [0.717, 1.165) is 22.4 Å². The smallest absolute Gasteiger partial charge is 0.371 e. The van der Waals surface area contributed by atoms with Crippen LogP contribution < -0.4 is 14.8 Å². The van der Waals surface area contributed by atoms with E-state index in [4.69, 9.17) is 19.0 Å². The fraction of sp³-hybridized carbons (Fsp3) is 0.192. The van der Waals surface area contributed by atoms with Gasteiger partial charge in [0.05, 0.1) is 17.2 Å². The lowest BCUT2D eigenvalue weighted by molar-refractivity contribution is -0.115. The minimum atomic E-state index is -1.14. The highest BCUT2D eigenvalue weighted by Gasteiger charge is 2.24. The van der Waals surface area contributed by atoms with E-state index in [2.05, 4.69) is 10.3 Å². The van der Waals surface area contributed by atoms with E-state index in [1.165, 1.54) is 17.8 Å². The monoisotopic (exact) mass is 492 g/mol. The summed E-state index contributed by atoms with van der Waals surface area (Å²) in [6.07, 6.45) is 1.77. The second kappa shape index (κ2) is 10.5. The molecule has 0 aliphatic carbocycles. The molecular weight excluding hydrogens is 468 g/mol. The zero-order chi connectivity index (χ0) is 24.9. The van der Waals surface area contributed by atoms with Gasteiger partial charge in [0, 0.05) is 0 Å². The maximum atomic E-state index is 12.5. The molecule has 35 heavy (non-hydrogen) atoms. The van der Waals surface area contributed by atoms with Gasteiger partial charge in [0.15, 0.2) is 16.7 Å². The molecule has 1 aromatic heterocycles. The molecule has 1 aliphatic heterocycles. The number of furan rings is 1. The van der Waals surface area contributed by atoms with Crippen LogP contribution in [0.25, 0.3) is 6.08 Å². The average molecular weight is 493 g/mol. The lowest BCUT2D eigenvalue weighted by Crippen LogP contribution is -2.19. The second-order valence-electron chi connectivity index (χ2n) is 7.77. The summed E-state index contributed by atoms with van der Waals surface area (Å²) in [4.78, 5) is 28.6. The molecule has 0 saturated carbocycles. The molecule has 0 atom stereocenters. The van der Waals surface area contributed by atoms with E-state index >= 15 is 0 Å². The molecule has 2 N–H and O–H groups in total. The van der Waals surface area contributed by atoms with Gasteiger partial charge in [-0.3, -0.25) is 4.79 Å². The Hall–Kier alpha value is -3.98. The van der Waals surface area contributed by atoms with Crippen LogP contribution in [0.3, 0.4) is 0 Å². The zero-order valence-corrected chi connectivity index (χ0v) is 20.3. The van der Waals surface area contributed by atoms with Gasteiger partial charge in [-0.1, -0.05) is 23.8 Å². The van der Waals surface area contributed by atoms with Crippen molar-refractivity contribution in [3.63, 3.8) is 0 Å². The third-order valence-electron chi connectivity index (χ3n) is 5.03. The van der Waals surface area contributed by atoms with Gasteiger partial charge < -0.3 is 24.3 Å². The van der Waals surface area contributed by atoms with Gasteiger partial charge in [0.25, 0.3) is 5.91 Å². The number of aromatic carboxylic acids is 1. The van der Waals surface area contributed by atoms with Gasteiger partial charge in [-0.05, 0) is 80.1 Å². The largest absolute Gasteiger partial charge is 0.490 e. The fourth-order valence-corrected chi connectivity index (χ4v) is 4.23. The highest BCUT2D eigenvalue weighted by molar-refractivity contribution is 8.18. The number of nitrogens with one attached hydrogen (secondary N) is 1. The number of amidine groups is 1. The van der Waals surface area contributed by atoms with Gasteiger partial charge in [-0.25, -0.2) is 9.79 Å². The van der Waals surface area contributed by atoms with E-state index in [1.807, 2.05) is 45.0 Å². The first-order chi connectivity index (χ1) is 16.8. The van der Waals surface area contributed by atoms with Crippen molar-refractivity contribution in [3.05, 3.63) is 81.6 Å². The van der Waals surface area contributed by atoms with Crippen molar-refractivity contribution < 1.29 is 28.6 Å². The molecule has 0 radical (unpaired) electrons. The van der Waals surface area contributed by atoms with Crippen molar-refractivity contribution >= 4 is 40.6 Å². The van der Waals surface area contributed by atoms with Gasteiger partial charge in [-0.15, -0.1) is 0 Å². The van der Waals surface area contributed by atoms with Crippen molar-refractivity contribution in [3.8, 4) is 11.5 Å². The minimum absolute atomic E-state index is 0.0459. The maximum Gasteiger partial charge on any atom is 0.371 e. The zero-order valence-electron chi connectivity index (χ0n) is 19.5. The summed E-state index contributed by atoms with van der Waals surface area (Å²) in [5.41, 5.74) is 3.77. The maximum absolute atomic E-state index is 12.5. The first-order valence-electron chi connectivity index (χ1n) is 10.9. The second-order valence-corrected chi connectivity index (χ2v) is 8.80. The van der Waals surface area contributed by atoms with E-state index in [-0.39, 0.29) is 18.3 Å². The first kappa shape index (κ1) is 24.2. The van der Waals surface area contributed by atoms with Crippen LogP contribution in [-0.2, 0) is 11.4 Å². The fourth-order valence-electron chi connectivity index (χ4n) is 3.39. The summed E-state index contributed by atoms with van der Waals surface area (Å²) >= 11 is 1.27. The topological polar surface area (TPSA) is 110 Å². The Kier molecular flexibility index (Phi) is 7.26. The number of thioether (sulfide) groups is 1. The highest BCUT2D eigenvalue weighted by Crippen LogP contribution is 2.33. The average Bonchev–Trinajstić information content (AvgIpc) is 3.42. The Bertz CT molecular complexity index is 1340. The molecule has 180 valence electrons. The van der Waals surface area contributed by atoms with E-state index in [9.17, 15) is 9.59 Å². The number of benzene rings is 2. The van der Waals surface area contributed by atoms with Crippen LogP contribution in [0, 0.1) is 13.8 Å². The number of amides is 1. The number of nitrogens with zero attached hydrogens (tertiary/aromatic N) is 1. The number of hydrogen-bond acceptors (Lipinski definition) is 7. The summed E-state index contributed by atoms with van der Waals surface area (Å²) in [6, 6.07) is 14.2. The Morgan fingerprint density at radius 2 is 1.94 bits per heavy atom. The SMILES string of the molecule is CCOc1cc(C=C2SC(=Nc3ccc(C)cc3C)NC2=O)ccc1OCc1ccc(C(=O)O)o1. The van der Waals surface area contributed by atoms with Crippen molar-refractivity contribution in [2.24, 2.45) is 4.99 Å². The van der Waals surface area contributed by atoms with E-state index < -0.39 is 5.97 Å². The molecule has 1 aliphatic rings. The number of hydrogen-bond donors (Lipinski definition) is 2. The Balaban J connectivity index is 1.50. The van der Waals surface area contributed by atoms with Crippen LogP contribution >= 0.6 is 11.8 Å². The third-order valence-corrected chi connectivity index (χ3v) is 5.94. The van der Waals surface area contributed by atoms with Crippen LogP contribution in [0.15, 0.2) is 62.8 Å². The molecule has 0 spiro atoms. The first-order valence-corrected chi connectivity index (χ1v) is 11.7. The molecule has 1 saturated heterocycles. The molecule has 0 unspecified atom stereocenters. The number of rotatable bonds is 8. The van der Waals surface area contributed by atoms with Crippen LogP contribution in [0.4, 0.5) is 5.69 Å². The van der Waals surface area contributed by atoms with Gasteiger partial charge >= 0.3 is 5.97 Å². The number of carbonyl (C=O) groups is 2. The number of carbonyl (C=O) groups excluding carboxylic acids is 1. The predicted octanol–water partition coefficient (Wildman–Crippen LogP) is 5.46. The number of aryl methyl sites for hydroxylation is 2. The van der Waals surface area contributed by atoms with Crippen molar-refractivity contribution in [2.75, 3.05) is 6.61 Å². The summed E-state index contributed by atoms with van der Waals surface area (Å²) in [5, 5.41) is 12.3. The van der Waals surface area contributed by atoms with Crippen LogP contribution in [0.1, 0.15) is 39.9 Å². The Labute approximate surface area is 206 Å². The van der Waals surface area contributed by atoms with E-state index in [0.29, 0.717) is 33.9 Å². The van der Waals surface area contributed by atoms with E-state index in [1.54, 1.807) is 24.3 Å². The number of aliphatic imine (C=N–C) groups is 1. The van der Waals surface area contributed by atoms with Gasteiger partial charge in [-0.2, -0.15) is 0 Å². The molecule has 9 heteroatoms. The quantitative estimate of drug-likeness (QED) is 0.402. The van der Waals surface area contributed by atoms with Crippen LogP contribution in [0.2, 0.25) is 0 Å². The predicted molar refractivity (Wildman–Crippen MR) is 134 cm³/mol. The summed E-state index contributed by atoms with van der Waals surface area (Å²) < 4.78 is 16.7. The minimum Gasteiger partial charge on any atom is -0.490 e. The Morgan fingerprint density at radius 3 is 2.66 bits per heavy atom. The summed E-state index contributed by atoms with van der Waals surface area (Å²) in [6.45, 7) is 6.33. The highest BCUT2D eigenvalue weighted by atomic mass is 32.2. The molecule has 2 aromatic carbocycles. The Morgan fingerprint density at radius 1 is 1.11 bits per heavy atom. The molecule has 8 nitrogen and oxygen atoms in total. The molecule has 3 aromatic rings. The molecule has 4 rings (SSSR count). The molecule has 1 amide bonds. The molecule has 2 heterocycles. The number of carboxylic acid groups (broad SMARTS) is 1. The van der Waals surface area contributed by atoms with Crippen molar-refractivity contribution in [2.45, 2.75) is 27.4 Å². The van der Waals surface area contributed by atoms with Crippen molar-refractivity contribution in [1.29, 1.82) is 0 Å². The van der Waals surface area contributed by atoms with Gasteiger partial charge in [0.2, 0.25) is 5.76 Å². The lowest BCUT2D eigenvalue weighted by Gasteiger charge is -2.12. The normalized spacial score (nSPS) is 15.5. The molecule has 1 fully saturated rings. The number of carboxylic acids is 1. The molecule has 0 bridgehead atoms. The van der Waals surface area contributed by atoms with Crippen molar-refractivity contribution in [1.82, 2.24) is 5.32 Å². The van der Waals surface area contributed by atoms with Gasteiger partial charge in [0.1, 0.15) is 12.4 Å². The lowest BCUT2D eigenvalue weighted by atomic mass is 10.1. The standard InChI is InChI=1S/C26H24N2O6S/c1-4-32-22-12-17(6-9-20(22)33-14-18-7-10-21(34-18)25(30)31)13-23-24(29)28-26(35-23)27-19-8-5-15(2)11-16(19)3/h5-13H,4,14H2,1-3H3,(H,30,31)(H,27,28,29). The van der Waals surface area contributed by atoms with Crippen LogP contribution in [0.5, 0.6) is 11.5 Å². The van der Waals surface area contributed by atoms with Crippen LogP contribution in [-0.4, -0.2) is 28.8 Å². The number of ether oxygens (including phenoxy) is 2.